The molecule has 16 heavy (non-hydrogen) atoms. The Bertz CT molecular complexity index is 347. The molecule has 0 bridgehead atoms. The summed E-state index contributed by atoms with van der Waals surface area (Å²) in [5, 5.41) is 3.20. The second-order valence-electron chi connectivity index (χ2n) is 4.55. The Morgan fingerprint density at radius 3 is 3.00 bits per heavy atom. The number of benzene rings is 1. The average Bonchev–Trinajstić information content (AvgIpc) is 2.70. The van der Waals surface area contributed by atoms with Gasteiger partial charge in [0, 0.05) is 18.8 Å². The second kappa shape index (κ2) is 5.35. The van der Waals surface area contributed by atoms with Crippen molar-refractivity contribution < 1.29 is 0 Å². The largest absolute Gasteiger partial charge is 0.371 e. The molecular weight excluding hydrogens is 196 g/mol. The van der Waals surface area contributed by atoms with E-state index in [1.54, 1.807) is 5.56 Å². The van der Waals surface area contributed by atoms with Crippen LogP contribution >= 0.6 is 0 Å². The summed E-state index contributed by atoms with van der Waals surface area (Å²) in [5.41, 5.74) is 4.48. The molecule has 2 nitrogen and oxygen atoms in total. The lowest BCUT2D eigenvalue weighted by atomic mass is 10.1. The molecule has 1 aromatic carbocycles. The Kier molecular flexibility index (Phi) is 3.83. The highest BCUT2D eigenvalue weighted by molar-refractivity contribution is 5.59. The topological polar surface area (TPSA) is 15.3 Å². The minimum absolute atomic E-state index is 1.07. The normalized spacial score (nSPS) is 14.2. The molecule has 1 N–H and O–H groups in total. The molecule has 2 rings (SSSR count). The van der Waals surface area contributed by atoms with Gasteiger partial charge < -0.3 is 10.2 Å². The predicted octanol–water partition coefficient (Wildman–Crippen LogP) is 2.22. The van der Waals surface area contributed by atoms with Crippen LogP contribution in [0.2, 0.25) is 0 Å². The molecule has 0 aromatic heterocycles. The van der Waals surface area contributed by atoms with E-state index in [1.165, 1.54) is 37.2 Å². The summed E-state index contributed by atoms with van der Waals surface area (Å²) >= 11 is 0. The van der Waals surface area contributed by atoms with E-state index in [2.05, 4.69) is 35.3 Å². The highest BCUT2D eigenvalue weighted by atomic mass is 15.1. The first-order chi connectivity index (χ1) is 7.85. The summed E-state index contributed by atoms with van der Waals surface area (Å²) in [6.07, 6.45) is 3.60. The summed E-state index contributed by atoms with van der Waals surface area (Å²) in [7, 11) is 2.01. The summed E-state index contributed by atoms with van der Waals surface area (Å²) < 4.78 is 0. The van der Waals surface area contributed by atoms with E-state index in [0.717, 1.165) is 13.0 Å². The Balaban J connectivity index is 2.09. The molecule has 2 heteroatoms. The van der Waals surface area contributed by atoms with Crippen LogP contribution in [0.1, 0.15) is 24.5 Å². The highest BCUT2D eigenvalue weighted by Gasteiger charge is 2.17. The molecule has 1 aromatic rings. The summed E-state index contributed by atoms with van der Waals surface area (Å²) in [6, 6.07) is 6.98. The first kappa shape index (κ1) is 11.5. The van der Waals surface area contributed by atoms with E-state index in [1.807, 2.05) is 7.05 Å². The molecule has 0 spiro atoms. The number of nitrogens with zero attached hydrogens (tertiary/aromatic N) is 1. The monoisotopic (exact) mass is 218 g/mol. The molecule has 0 amide bonds. The van der Waals surface area contributed by atoms with Gasteiger partial charge in [0.15, 0.2) is 0 Å². The maximum Gasteiger partial charge on any atom is 0.0399 e. The zero-order valence-electron chi connectivity index (χ0n) is 10.4. The van der Waals surface area contributed by atoms with Crippen LogP contribution in [-0.2, 0) is 12.8 Å². The summed E-state index contributed by atoms with van der Waals surface area (Å²) in [5.74, 6) is 0. The number of anilines is 1. The average molecular weight is 218 g/mol. The Labute approximate surface area is 98.7 Å². The van der Waals surface area contributed by atoms with Crippen LogP contribution in [0, 0.1) is 0 Å². The summed E-state index contributed by atoms with van der Waals surface area (Å²) in [4.78, 5) is 2.51. The lowest BCUT2D eigenvalue weighted by Crippen LogP contribution is -2.20. The fraction of sp³-hybridized carbons (Fsp3) is 0.571. The fourth-order valence-electron chi connectivity index (χ4n) is 2.45. The number of nitrogens with one attached hydrogen (secondary N) is 1. The van der Waals surface area contributed by atoms with E-state index in [0.29, 0.717) is 0 Å². The van der Waals surface area contributed by atoms with Crippen molar-refractivity contribution in [2.75, 3.05) is 31.6 Å². The van der Waals surface area contributed by atoms with E-state index < -0.39 is 0 Å². The maximum atomic E-state index is 3.20. The molecular formula is C14H22N2. The van der Waals surface area contributed by atoms with Crippen molar-refractivity contribution in [1.82, 2.24) is 5.32 Å². The van der Waals surface area contributed by atoms with Gasteiger partial charge in [-0.25, -0.2) is 0 Å². The summed E-state index contributed by atoms with van der Waals surface area (Å²) in [6.45, 7) is 5.72. The third-order valence-electron chi connectivity index (χ3n) is 3.29. The highest BCUT2D eigenvalue weighted by Crippen LogP contribution is 2.28. The molecule has 1 heterocycles. The molecule has 88 valence electrons. The lowest BCUT2D eigenvalue weighted by Gasteiger charge is -2.18. The van der Waals surface area contributed by atoms with Gasteiger partial charge in [0.2, 0.25) is 0 Å². The van der Waals surface area contributed by atoms with Gasteiger partial charge in [0.1, 0.15) is 0 Å². The van der Waals surface area contributed by atoms with E-state index >= 15 is 0 Å². The van der Waals surface area contributed by atoms with E-state index in [9.17, 15) is 0 Å². The van der Waals surface area contributed by atoms with Crippen molar-refractivity contribution in [3.05, 3.63) is 29.3 Å². The third kappa shape index (κ3) is 2.38. The molecule has 0 unspecified atom stereocenters. The van der Waals surface area contributed by atoms with Gasteiger partial charge in [-0.1, -0.05) is 19.1 Å². The standard InChI is InChI=1S/C14H22N2/c1-3-9-16-10-7-13-11-12(6-8-15-2)4-5-14(13)16/h4-5,11,15H,3,6-10H2,1-2H3. The Morgan fingerprint density at radius 2 is 2.25 bits per heavy atom. The molecule has 0 fully saturated rings. The first-order valence-electron chi connectivity index (χ1n) is 6.36. The van der Waals surface area contributed by atoms with E-state index in [-0.39, 0.29) is 0 Å². The quantitative estimate of drug-likeness (QED) is 0.815. The maximum absolute atomic E-state index is 3.20. The molecule has 0 saturated carbocycles. The minimum Gasteiger partial charge on any atom is -0.371 e. The van der Waals surface area contributed by atoms with Crippen molar-refractivity contribution in [3.63, 3.8) is 0 Å². The smallest absolute Gasteiger partial charge is 0.0399 e. The van der Waals surface area contributed by atoms with Crippen LogP contribution in [0.5, 0.6) is 0 Å². The van der Waals surface area contributed by atoms with Crippen molar-refractivity contribution in [1.29, 1.82) is 0 Å². The number of fused-ring (bicyclic) bond motifs is 1. The number of hydrogen-bond acceptors (Lipinski definition) is 2. The van der Waals surface area contributed by atoms with Gasteiger partial charge in [-0.3, -0.25) is 0 Å². The number of hydrogen-bond donors (Lipinski definition) is 1. The molecule has 0 saturated heterocycles. The van der Waals surface area contributed by atoms with Crippen LogP contribution in [0.25, 0.3) is 0 Å². The van der Waals surface area contributed by atoms with Crippen LogP contribution in [-0.4, -0.2) is 26.7 Å². The van der Waals surface area contributed by atoms with Crippen LogP contribution in [0.15, 0.2) is 18.2 Å². The minimum atomic E-state index is 1.07. The van der Waals surface area contributed by atoms with Gasteiger partial charge >= 0.3 is 0 Å². The Morgan fingerprint density at radius 1 is 1.38 bits per heavy atom. The lowest BCUT2D eigenvalue weighted by molar-refractivity contribution is 0.791. The van der Waals surface area contributed by atoms with Crippen molar-refractivity contribution in [3.8, 4) is 0 Å². The molecule has 0 atom stereocenters. The van der Waals surface area contributed by atoms with Crippen LogP contribution in [0.4, 0.5) is 5.69 Å². The molecule has 0 aliphatic carbocycles. The van der Waals surface area contributed by atoms with E-state index in [4.69, 9.17) is 0 Å². The van der Waals surface area contributed by atoms with Gasteiger partial charge in [-0.15, -0.1) is 0 Å². The zero-order chi connectivity index (χ0) is 11.4. The number of likely N-dealkylation sites (N-methyl/N-ethyl adjacent to an activating group) is 1. The molecule has 0 radical (unpaired) electrons. The van der Waals surface area contributed by atoms with Crippen LogP contribution < -0.4 is 10.2 Å². The van der Waals surface area contributed by atoms with Gasteiger partial charge in [-0.05, 0) is 50.0 Å². The predicted molar refractivity (Wildman–Crippen MR) is 70.3 cm³/mol. The fourth-order valence-corrected chi connectivity index (χ4v) is 2.45. The van der Waals surface area contributed by atoms with Gasteiger partial charge in [0.05, 0.1) is 0 Å². The second-order valence-corrected chi connectivity index (χ2v) is 4.55. The van der Waals surface area contributed by atoms with Crippen LogP contribution in [0.3, 0.4) is 0 Å². The van der Waals surface area contributed by atoms with Crippen molar-refractivity contribution in [2.45, 2.75) is 26.2 Å². The third-order valence-corrected chi connectivity index (χ3v) is 3.29. The molecule has 1 aliphatic rings. The Hall–Kier alpha value is -1.02. The zero-order valence-corrected chi connectivity index (χ0v) is 10.4. The van der Waals surface area contributed by atoms with Gasteiger partial charge in [-0.2, -0.15) is 0 Å². The first-order valence-corrected chi connectivity index (χ1v) is 6.36. The van der Waals surface area contributed by atoms with Crippen molar-refractivity contribution in [2.24, 2.45) is 0 Å². The van der Waals surface area contributed by atoms with Crippen molar-refractivity contribution >= 4 is 5.69 Å². The SMILES string of the molecule is CCCN1CCc2cc(CCNC)ccc21. The van der Waals surface area contributed by atoms with Gasteiger partial charge in [0.25, 0.3) is 0 Å². The number of rotatable bonds is 5. The molecule has 1 aliphatic heterocycles.